The van der Waals surface area contributed by atoms with Gasteiger partial charge in [-0.1, -0.05) is 37.3 Å². The van der Waals surface area contributed by atoms with Crippen LogP contribution in [-0.2, 0) is 4.79 Å². The molecule has 2 heterocycles. The minimum Gasteiger partial charge on any atom is -0.357 e. The third-order valence-corrected chi connectivity index (χ3v) is 5.81. The van der Waals surface area contributed by atoms with Crippen LogP contribution in [0.15, 0.2) is 35.3 Å². The smallest absolute Gasteiger partial charge is 0.224 e. The predicted molar refractivity (Wildman–Crippen MR) is 111 cm³/mol. The minimum absolute atomic E-state index is 0.253. The maximum absolute atomic E-state index is 12.2. The number of hydrogen-bond acceptors (Lipinski definition) is 2. The number of amides is 1. The van der Waals surface area contributed by atoms with E-state index in [0.717, 1.165) is 57.9 Å². The summed E-state index contributed by atoms with van der Waals surface area (Å²) in [5.74, 6) is 2.41. The number of guanidine groups is 1. The van der Waals surface area contributed by atoms with Crippen LogP contribution in [0.4, 0.5) is 0 Å². The monoisotopic (exact) mass is 370 g/mol. The van der Waals surface area contributed by atoms with Crippen LogP contribution in [0.3, 0.4) is 0 Å². The third kappa shape index (κ3) is 5.24. The Bertz CT molecular complexity index is 624. The lowest BCUT2D eigenvalue weighted by Crippen LogP contribution is -2.48. The van der Waals surface area contributed by atoms with Gasteiger partial charge in [-0.2, -0.15) is 0 Å². The van der Waals surface area contributed by atoms with Crippen molar-refractivity contribution in [3.05, 3.63) is 35.9 Å². The summed E-state index contributed by atoms with van der Waals surface area (Å²) in [4.78, 5) is 21.4. The summed E-state index contributed by atoms with van der Waals surface area (Å²) in [6.45, 7) is 9.73. The zero-order chi connectivity index (χ0) is 19.1. The number of nitrogens with one attached hydrogen (secondary N) is 1. The normalized spacial score (nSPS) is 23.6. The molecule has 0 bridgehead atoms. The highest BCUT2D eigenvalue weighted by Gasteiger charge is 2.28. The van der Waals surface area contributed by atoms with Gasteiger partial charge in [-0.25, -0.2) is 0 Å². The Morgan fingerprint density at radius 1 is 1.15 bits per heavy atom. The summed E-state index contributed by atoms with van der Waals surface area (Å²) in [7, 11) is 0. The van der Waals surface area contributed by atoms with Gasteiger partial charge in [-0.15, -0.1) is 0 Å². The fourth-order valence-electron chi connectivity index (χ4n) is 4.34. The second-order valence-corrected chi connectivity index (χ2v) is 7.80. The van der Waals surface area contributed by atoms with E-state index in [1.807, 2.05) is 4.90 Å². The fraction of sp³-hybridized carbons (Fsp3) is 0.636. The Morgan fingerprint density at radius 2 is 1.89 bits per heavy atom. The van der Waals surface area contributed by atoms with Crippen molar-refractivity contribution < 1.29 is 4.79 Å². The highest BCUT2D eigenvalue weighted by Crippen LogP contribution is 2.32. The Morgan fingerprint density at radius 3 is 2.56 bits per heavy atom. The molecule has 0 aromatic heterocycles. The van der Waals surface area contributed by atoms with Gasteiger partial charge in [0.05, 0.1) is 6.54 Å². The van der Waals surface area contributed by atoms with Crippen molar-refractivity contribution in [2.45, 2.75) is 45.4 Å². The van der Waals surface area contributed by atoms with Gasteiger partial charge in [-0.05, 0) is 43.6 Å². The topological polar surface area (TPSA) is 47.9 Å². The first-order valence-electron chi connectivity index (χ1n) is 10.5. The lowest BCUT2D eigenvalue weighted by Gasteiger charge is -2.39. The molecule has 0 radical (unpaired) electrons. The molecular weight excluding hydrogens is 336 g/mol. The average molecular weight is 371 g/mol. The number of aliphatic imine (C=N–C) groups is 1. The van der Waals surface area contributed by atoms with Crippen molar-refractivity contribution in [2.24, 2.45) is 10.9 Å². The van der Waals surface area contributed by atoms with Crippen LogP contribution >= 0.6 is 0 Å². The second-order valence-electron chi connectivity index (χ2n) is 7.80. The Kier molecular flexibility index (Phi) is 7.13. The van der Waals surface area contributed by atoms with Crippen molar-refractivity contribution in [3.8, 4) is 0 Å². The fourth-order valence-corrected chi connectivity index (χ4v) is 4.34. The van der Waals surface area contributed by atoms with E-state index >= 15 is 0 Å². The lowest BCUT2D eigenvalue weighted by molar-refractivity contribution is -0.129. The number of benzene rings is 1. The molecule has 5 heteroatoms. The van der Waals surface area contributed by atoms with Crippen molar-refractivity contribution in [3.63, 3.8) is 0 Å². The summed E-state index contributed by atoms with van der Waals surface area (Å²) >= 11 is 0. The van der Waals surface area contributed by atoms with Crippen LogP contribution < -0.4 is 5.32 Å². The maximum Gasteiger partial charge on any atom is 0.224 e. The van der Waals surface area contributed by atoms with Gasteiger partial charge in [-0.3, -0.25) is 9.79 Å². The summed E-state index contributed by atoms with van der Waals surface area (Å²) < 4.78 is 0. The van der Waals surface area contributed by atoms with E-state index in [1.165, 1.54) is 5.56 Å². The van der Waals surface area contributed by atoms with Crippen LogP contribution in [0.1, 0.15) is 51.0 Å². The molecular formula is C22H34N4O. The van der Waals surface area contributed by atoms with E-state index in [9.17, 15) is 4.79 Å². The predicted octanol–water partition coefficient (Wildman–Crippen LogP) is 3.09. The SMILES string of the molecule is CCNC(=NCCC(=O)N1CCCC1)N1CCC(c2ccccc2)C(C)C1. The first kappa shape index (κ1) is 19.7. The highest BCUT2D eigenvalue weighted by molar-refractivity contribution is 5.81. The molecule has 3 rings (SSSR count). The van der Waals surface area contributed by atoms with Gasteiger partial charge in [0.15, 0.2) is 5.96 Å². The average Bonchev–Trinajstić information content (AvgIpc) is 3.23. The van der Waals surface area contributed by atoms with E-state index < -0.39 is 0 Å². The summed E-state index contributed by atoms with van der Waals surface area (Å²) in [6.07, 6.45) is 3.95. The Balaban J connectivity index is 1.55. The first-order valence-corrected chi connectivity index (χ1v) is 10.5. The highest BCUT2D eigenvalue weighted by atomic mass is 16.2. The van der Waals surface area contributed by atoms with Crippen molar-refractivity contribution in [1.82, 2.24) is 15.1 Å². The molecule has 148 valence electrons. The molecule has 2 fully saturated rings. The summed E-state index contributed by atoms with van der Waals surface area (Å²) in [6, 6.07) is 10.9. The van der Waals surface area contributed by atoms with Gasteiger partial charge in [0, 0.05) is 39.1 Å². The van der Waals surface area contributed by atoms with Crippen LogP contribution in [0.25, 0.3) is 0 Å². The van der Waals surface area contributed by atoms with Crippen LogP contribution in [0.2, 0.25) is 0 Å². The van der Waals surface area contributed by atoms with Gasteiger partial charge < -0.3 is 15.1 Å². The van der Waals surface area contributed by atoms with Gasteiger partial charge in [0.1, 0.15) is 0 Å². The molecule has 27 heavy (non-hydrogen) atoms. The molecule has 2 saturated heterocycles. The van der Waals surface area contributed by atoms with E-state index in [0.29, 0.717) is 24.8 Å². The molecule has 0 saturated carbocycles. The molecule has 1 N–H and O–H groups in total. The molecule has 2 atom stereocenters. The number of rotatable bonds is 5. The number of carbonyl (C=O) groups is 1. The quantitative estimate of drug-likeness (QED) is 0.640. The molecule has 2 unspecified atom stereocenters. The first-order chi connectivity index (χ1) is 13.2. The molecule has 1 aromatic carbocycles. The minimum atomic E-state index is 0.253. The van der Waals surface area contributed by atoms with E-state index in [-0.39, 0.29) is 5.91 Å². The number of piperidine rings is 1. The molecule has 2 aliphatic heterocycles. The van der Waals surface area contributed by atoms with Crippen molar-refractivity contribution >= 4 is 11.9 Å². The molecule has 0 aliphatic carbocycles. The number of carbonyl (C=O) groups excluding carboxylic acids is 1. The van der Waals surface area contributed by atoms with Gasteiger partial charge >= 0.3 is 0 Å². The molecule has 2 aliphatic rings. The molecule has 1 aromatic rings. The van der Waals surface area contributed by atoms with E-state index in [1.54, 1.807) is 0 Å². The Hall–Kier alpha value is -2.04. The summed E-state index contributed by atoms with van der Waals surface area (Å²) in [5.41, 5.74) is 1.45. The molecule has 1 amide bonds. The second kappa shape index (κ2) is 9.77. The van der Waals surface area contributed by atoms with E-state index in [4.69, 9.17) is 4.99 Å². The number of hydrogen-bond donors (Lipinski definition) is 1. The maximum atomic E-state index is 12.2. The zero-order valence-corrected chi connectivity index (χ0v) is 16.9. The largest absolute Gasteiger partial charge is 0.357 e. The van der Waals surface area contributed by atoms with Gasteiger partial charge in [0.2, 0.25) is 5.91 Å². The zero-order valence-electron chi connectivity index (χ0n) is 16.9. The van der Waals surface area contributed by atoms with Gasteiger partial charge in [0.25, 0.3) is 0 Å². The number of likely N-dealkylation sites (tertiary alicyclic amines) is 2. The summed E-state index contributed by atoms with van der Waals surface area (Å²) in [5, 5.41) is 3.42. The van der Waals surface area contributed by atoms with Crippen LogP contribution in [-0.4, -0.2) is 60.9 Å². The van der Waals surface area contributed by atoms with Crippen molar-refractivity contribution in [2.75, 3.05) is 39.3 Å². The van der Waals surface area contributed by atoms with Crippen molar-refractivity contribution in [1.29, 1.82) is 0 Å². The third-order valence-electron chi connectivity index (χ3n) is 5.81. The Labute approximate surface area is 163 Å². The lowest BCUT2D eigenvalue weighted by atomic mass is 9.82. The standard InChI is InChI=1S/C22H34N4O/c1-3-23-22(24-13-11-21(27)25-14-7-8-15-25)26-16-12-20(18(2)17-26)19-9-5-4-6-10-19/h4-6,9-10,18,20H,3,7-8,11-17H2,1-2H3,(H,23,24). The number of nitrogens with zero attached hydrogens (tertiary/aromatic N) is 3. The van der Waals surface area contributed by atoms with E-state index in [2.05, 4.69) is 54.4 Å². The molecule has 0 spiro atoms. The molecule has 5 nitrogen and oxygen atoms in total. The van der Waals surface area contributed by atoms with Crippen LogP contribution in [0.5, 0.6) is 0 Å². The van der Waals surface area contributed by atoms with Crippen LogP contribution in [0, 0.1) is 5.92 Å².